The second-order valence-corrected chi connectivity index (χ2v) is 3.84. The van der Waals surface area contributed by atoms with E-state index in [1.54, 1.807) is 16.8 Å². The Balaban J connectivity index is 2.13. The molecule has 0 unspecified atom stereocenters. The van der Waals surface area contributed by atoms with Gasteiger partial charge in [0.25, 0.3) is 5.91 Å². The Bertz CT molecular complexity index is 341. The van der Waals surface area contributed by atoms with Gasteiger partial charge in [-0.15, -0.1) is 0 Å². The largest absolute Gasteiger partial charge is 0.348 e. The average molecular weight is 199 g/mol. The molecule has 0 atom stereocenters. The Morgan fingerprint density at radius 1 is 1.69 bits per heavy atom. The molecule has 1 aliphatic carbocycles. The molecule has 1 amide bonds. The molecule has 4 heteroatoms. The standard InChI is InChI=1S/C9H11ClN2O/c1-12-5-6(10)4-8(12)9(13)11-7-2-3-7/h4-5,7H,2-3H2,1H3,(H,11,13). The summed E-state index contributed by atoms with van der Waals surface area (Å²) in [7, 11) is 1.81. The van der Waals surface area contributed by atoms with Crippen molar-refractivity contribution in [2.75, 3.05) is 0 Å². The van der Waals surface area contributed by atoms with Gasteiger partial charge in [-0.25, -0.2) is 0 Å². The van der Waals surface area contributed by atoms with Crippen LogP contribution in [0.2, 0.25) is 5.02 Å². The summed E-state index contributed by atoms with van der Waals surface area (Å²) in [6, 6.07) is 2.07. The van der Waals surface area contributed by atoms with E-state index in [1.807, 2.05) is 7.05 Å². The summed E-state index contributed by atoms with van der Waals surface area (Å²) in [5.41, 5.74) is 0.622. The number of nitrogens with zero attached hydrogens (tertiary/aromatic N) is 1. The van der Waals surface area contributed by atoms with E-state index in [-0.39, 0.29) is 5.91 Å². The van der Waals surface area contributed by atoms with Crippen LogP contribution in [0.4, 0.5) is 0 Å². The fraction of sp³-hybridized carbons (Fsp3) is 0.444. The number of halogens is 1. The summed E-state index contributed by atoms with van der Waals surface area (Å²) in [5, 5.41) is 3.51. The second kappa shape index (κ2) is 3.07. The van der Waals surface area contributed by atoms with E-state index >= 15 is 0 Å². The van der Waals surface area contributed by atoms with E-state index in [1.165, 1.54) is 0 Å². The molecule has 0 aliphatic heterocycles. The van der Waals surface area contributed by atoms with E-state index in [0.29, 0.717) is 16.8 Å². The third kappa shape index (κ3) is 1.86. The molecule has 1 aliphatic rings. The first-order valence-electron chi connectivity index (χ1n) is 4.29. The molecule has 1 heterocycles. The SMILES string of the molecule is Cn1cc(Cl)cc1C(=O)NC1CC1. The molecule has 2 rings (SSSR count). The minimum absolute atomic E-state index is 0.0306. The van der Waals surface area contributed by atoms with E-state index in [2.05, 4.69) is 5.32 Å². The molecule has 1 aromatic rings. The Hall–Kier alpha value is -0.960. The predicted molar refractivity (Wildman–Crippen MR) is 50.9 cm³/mol. The number of carbonyl (C=O) groups excluding carboxylic acids is 1. The van der Waals surface area contributed by atoms with E-state index in [4.69, 9.17) is 11.6 Å². The van der Waals surface area contributed by atoms with Crippen LogP contribution in [-0.2, 0) is 7.05 Å². The zero-order valence-corrected chi connectivity index (χ0v) is 8.14. The van der Waals surface area contributed by atoms with Gasteiger partial charge in [-0.2, -0.15) is 0 Å². The molecular weight excluding hydrogens is 188 g/mol. The lowest BCUT2D eigenvalue weighted by Crippen LogP contribution is -2.27. The molecular formula is C9H11ClN2O. The zero-order chi connectivity index (χ0) is 9.42. The monoisotopic (exact) mass is 198 g/mol. The maximum Gasteiger partial charge on any atom is 0.268 e. The Morgan fingerprint density at radius 3 is 2.85 bits per heavy atom. The number of hydrogen-bond acceptors (Lipinski definition) is 1. The van der Waals surface area contributed by atoms with Crippen molar-refractivity contribution in [2.45, 2.75) is 18.9 Å². The maximum absolute atomic E-state index is 11.5. The fourth-order valence-corrected chi connectivity index (χ4v) is 1.49. The average Bonchev–Trinajstić information content (AvgIpc) is 2.77. The topological polar surface area (TPSA) is 34.0 Å². The first-order chi connectivity index (χ1) is 6.16. The smallest absolute Gasteiger partial charge is 0.268 e. The molecule has 0 radical (unpaired) electrons. The van der Waals surface area contributed by atoms with Gasteiger partial charge in [-0.1, -0.05) is 11.6 Å². The van der Waals surface area contributed by atoms with Crippen molar-refractivity contribution in [1.82, 2.24) is 9.88 Å². The minimum Gasteiger partial charge on any atom is -0.348 e. The Morgan fingerprint density at radius 2 is 2.38 bits per heavy atom. The predicted octanol–water partition coefficient (Wildman–Crippen LogP) is 1.57. The van der Waals surface area contributed by atoms with Gasteiger partial charge in [0.05, 0.1) is 5.02 Å². The van der Waals surface area contributed by atoms with Crippen molar-refractivity contribution in [3.8, 4) is 0 Å². The summed E-state index contributed by atoms with van der Waals surface area (Å²) in [6.45, 7) is 0. The van der Waals surface area contributed by atoms with E-state index in [0.717, 1.165) is 12.8 Å². The second-order valence-electron chi connectivity index (χ2n) is 3.40. The van der Waals surface area contributed by atoms with E-state index in [9.17, 15) is 4.79 Å². The number of hydrogen-bond donors (Lipinski definition) is 1. The van der Waals surface area contributed by atoms with E-state index < -0.39 is 0 Å². The molecule has 1 fully saturated rings. The highest BCUT2D eigenvalue weighted by Gasteiger charge is 2.24. The summed E-state index contributed by atoms with van der Waals surface area (Å²) in [5.74, 6) is -0.0306. The molecule has 1 saturated carbocycles. The van der Waals surface area contributed by atoms with Crippen LogP contribution >= 0.6 is 11.6 Å². The molecule has 0 spiro atoms. The van der Waals surface area contributed by atoms with Crippen LogP contribution in [0.5, 0.6) is 0 Å². The summed E-state index contributed by atoms with van der Waals surface area (Å²) in [4.78, 5) is 11.5. The quantitative estimate of drug-likeness (QED) is 0.769. The Labute approximate surface area is 81.7 Å². The van der Waals surface area contributed by atoms with Gasteiger partial charge in [0.1, 0.15) is 5.69 Å². The van der Waals surface area contributed by atoms with Crippen LogP contribution in [0.15, 0.2) is 12.3 Å². The van der Waals surface area contributed by atoms with Crippen LogP contribution in [0, 0.1) is 0 Å². The molecule has 70 valence electrons. The van der Waals surface area contributed by atoms with Gasteiger partial charge >= 0.3 is 0 Å². The van der Waals surface area contributed by atoms with Crippen LogP contribution in [0.3, 0.4) is 0 Å². The number of aromatic nitrogens is 1. The third-order valence-electron chi connectivity index (χ3n) is 2.12. The Kier molecular flexibility index (Phi) is 2.04. The number of aryl methyl sites for hydroxylation is 1. The molecule has 0 saturated heterocycles. The van der Waals surface area contributed by atoms with Crippen molar-refractivity contribution in [1.29, 1.82) is 0 Å². The molecule has 1 N–H and O–H groups in total. The summed E-state index contributed by atoms with van der Waals surface area (Å²) < 4.78 is 1.74. The summed E-state index contributed by atoms with van der Waals surface area (Å²) >= 11 is 5.76. The van der Waals surface area contributed by atoms with Gasteiger partial charge < -0.3 is 9.88 Å². The zero-order valence-electron chi connectivity index (χ0n) is 7.38. The van der Waals surface area contributed by atoms with Gasteiger partial charge in [-0.3, -0.25) is 4.79 Å². The molecule has 0 bridgehead atoms. The van der Waals surface area contributed by atoms with Crippen LogP contribution in [0.1, 0.15) is 23.3 Å². The highest BCUT2D eigenvalue weighted by atomic mass is 35.5. The van der Waals surface area contributed by atoms with Crippen LogP contribution in [0.25, 0.3) is 0 Å². The molecule has 13 heavy (non-hydrogen) atoms. The van der Waals surface area contributed by atoms with Crippen molar-refractivity contribution in [3.05, 3.63) is 23.0 Å². The molecule has 1 aromatic heterocycles. The van der Waals surface area contributed by atoms with Gasteiger partial charge in [0.2, 0.25) is 0 Å². The summed E-state index contributed by atoms with van der Waals surface area (Å²) in [6.07, 6.45) is 3.93. The lowest BCUT2D eigenvalue weighted by atomic mass is 10.4. The normalized spacial score (nSPS) is 15.8. The highest BCUT2D eigenvalue weighted by molar-refractivity contribution is 6.31. The van der Waals surface area contributed by atoms with Crippen molar-refractivity contribution in [2.24, 2.45) is 7.05 Å². The van der Waals surface area contributed by atoms with Gasteiger partial charge in [0, 0.05) is 19.3 Å². The van der Waals surface area contributed by atoms with Crippen molar-refractivity contribution < 1.29 is 4.79 Å². The highest BCUT2D eigenvalue weighted by Crippen LogP contribution is 2.20. The maximum atomic E-state index is 11.5. The van der Waals surface area contributed by atoms with Gasteiger partial charge in [0.15, 0.2) is 0 Å². The minimum atomic E-state index is -0.0306. The number of rotatable bonds is 2. The lowest BCUT2D eigenvalue weighted by Gasteiger charge is -2.03. The van der Waals surface area contributed by atoms with Crippen molar-refractivity contribution >= 4 is 17.5 Å². The number of amides is 1. The first-order valence-corrected chi connectivity index (χ1v) is 4.67. The van der Waals surface area contributed by atoms with Crippen molar-refractivity contribution in [3.63, 3.8) is 0 Å². The molecule has 0 aromatic carbocycles. The number of carbonyl (C=O) groups is 1. The third-order valence-corrected chi connectivity index (χ3v) is 2.32. The van der Waals surface area contributed by atoms with Gasteiger partial charge in [-0.05, 0) is 18.9 Å². The molecule has 3 nitrogen and oxygen atoms in total. The fourth-order valence-electron chi connectivity index (χ4n) is 1.24. The first kappa shape index (κ1) is 8.63. The lowest BCUT2D eigenvalue weighted by molar-refractivity contribution is 0.0943. The van der Waals surface area contributed by atoms with Crippen LogP contribution < -0.4 is 5.32 Å². The van der Waals surface area contributed by atoms with Crippen LogP contribution in [-0.4, -0.2) is 16.5 Å². The number of nitrogens with one attached hydrogen (secondary N) is 1.